The summed E-state index contributed by atoms with van der Waals surface area (Å²) in [6.45, 7) is 0. The molecule has 4 rings (SSSR count). The summed E-state index contributed by atoms with van der Waals surface area (Å²) >= 11 is 15.5. The lowest BCUT2D eigenvalue weighted by Crippen LogP contribution is -2.18. The number of aliphatic carboxylic acids is 1. The van der Waals surface area contributed by atoms with Crippen molar-refractivity contribution in [2.45, 2.75) is 6.10 Å². The van der Waals surface area contributed by atoms with Gasteiger partial charge in [-0.3, -0.25) is 0 Å². The fraction of sp³-hybridized carbons (Fsp3) is 0.0435. The second-order valence-electron chi connectivity index (χ2n) is 6.57. The number of carbonyl (C=O) groups is 1. The Labute approximate surface area is 196 Å². The minimum Gasteiger partial charge on any atom is -0.478 e. The molecule has 1 aromatic heterocycles. The van der Waals surface area contributed by atoms with E-state index in [0.717, 1.165) is 10.0 Å². The fourth-order valence-corrected chi connectivity index (χ4v) is 3.51. The first-order valence-electron chi connectivity index (χ1n) is 9.07. The summed E-state index contributed by atoms with van der Waals surface area (Å²) in [6.07, 6.45) is 0.273. The standard InChI is InChI=1S/C23H14BrCl2NO4/c24-15-5-1-13(2-6-15)19-12-30-22(27-19)18-11-17(26)9-10-20(18)31-21(23(28)29)14-3-7-16(25)8-4-14/h1-12,21H,(H,28,29). The zero-order chi connectivity index (χ0) is 22.0. The topological polar surface area (TPSA) is 72.6 Å². The van der Waals surface area contributed by atoms with E-state index in [-0.39, 0.29) is 11.6 Å². The summed E-state index contributed by atoms with van der Waals surface area (Å²) in [7, 11) is 0. The Morgan fingerprint density at radius 3 is 2.35 bits per heavy atom. The SMILES string of the molecule is O=C(O)C(Oc1ccc(Cl)cc1-c1nc(-c2ccc(Br)cc2)co1)c1ccc(Cl)cc1. The highest BCUT2D eigenvalue weighted by Gasteiger charge is 2.24. The van der Waals surface area contributed by atoms with Crippen LogP contribution < -0.4 is 4.74 Å². The lowest BCUT2D eigenvalue weighted by Gasteiger charge is -2.17. The molecule has 0 amide bonds. The molecule has 1 unspecified atom stereocenters. The number of benzene rings is 3. The van der Waals surface area contributed by atoms with Crippen molar-refractivity contribution in [2.75, 3.05) is 0 Å². The van der Waals surface area contributed by atoms with Gasteiger partial charge in [0, 0.05) is 25.6 Å². The van der Waals surface area contributed by atoms with Gasteiger partial charge < -0.3 is 14.3 Å². The van der Waals surface area contributed by atoms with Crippen LogP contribution in [0.5, 0.6) is 5.75 Å². The molecule has 0 saturated carbocycles. The maximum atomic E-state index is 11.9. The number of rotatable bonds is 6. The number of hydrogen-bond donors (Lipinski definition) is 1. The van der Waals surface area contributed by atoms with Gasteiger partial charge in [0.1, 0.15) is 17.7 Å². The molecule has 5 nitrogen and oxygen atoms in total. The van der Waals surface area contributed by atoms with Crippen LogP contribution in [-0.4, -0.2) is 16.1 Å². The Balaban J connectivity index is 1.70. The summed E-state index contributed by atoms with van der Waals surface area (Å²) < 4.78 is 12.5. The molecule has 0 saturated heterocycles. The third kappa shape index (κ3) is 4.93. The van der Waals surface area contributed by atoms with Gasteiger partial charge in [0.15, 0.2) is 0 Å². The van der Waals surface area contributed by atoms with Gasteiger partial charge in [0.25, 0.3) is 0 Å². The molecule has 1 atom stereocenters. The van der Waals surface area contributed by atoms with Crippen LogP contribution >= 0.6 is 39.1 Å². The highest BCUT2D eigenvalue weighted by molar-refractivity contribution is 9.10. The van der Waals surface area contributed by atoms with Gasteiger partial charge in [-0.2, -0.15) is 0 Å². The number of hydrogen-bond acceptors (Lipinski definition) is 4. The number of ether oxygens (including phenoxy) is 1. The summed E-state index contributed by atoms with van der Waals surface area (Å²) in [5.41, 5.74) is 2.38. The number of aromatic nitrogens is 1. The average Bonchev–Trinajstić information content (AvgIpc) is 3.24. The van der Waals surface area contributed by atoms with Crippen LogP contribution in [0.2, 0.25) is 10.0 Å². The quantitative estimate of drug-likeness (QED) is 0.290. The van der Waals surface area contributed by atoms with Crippen LogP contribution in [0.1, 0.15) is 11.7 Å². The van der Waals surface area contributed by atoms with E-state index in [4.69, 9.17) is 32.4 Å². The fourth-order valence-electron chi connectivity index (χ4n) is 2.95. The molecule has 156 valence electrons. The third-order valence-corrected chi connectivity index (χ3v) is 5.47. The molecule has 1 N–H and O–H groups in total. The monoisotopic (exact) mass is 517 g/mol. The van der Waals surface area contributed by atoms with Crippen LogP contribution in [0.15, 0.2) is 81.9 Å². The molecule has 8 heteroatoms. The smallest absolute Gasteiger partial charge is 0.349 e. The Bertz CT molecular complexity index is 1220. The highest BCUT2D eigenvalue weighted by Crippen LogP contribution is 2.36. The van der Waals surface area contributed by atoms with Crippen LogP contribution in [0, 0.1) is 0 Å². The van der Waals surface area contributed by atoms with Crippen molar-refractivity contribution >= 4 is 45.1 Å². The Morgan fingerprint density at radius 1 is 1.00 bits per heavy atom. The van der Waals surface area contributed by atoms with E-state index >= 15 is 0 Å². The molecule has 0 aliphatic rings. The summed E-state index contributed by atoms with van der Waals surface area (Å²) in [6, 6.07) is 18.9. The number of carboxylic acid groups (broad SMARTS) is 1. The van der Waals surface area contributed by atoms with Crippen LogP contribution in [-0.2, 0) is 4.79 Å². The van der Waals surface area contributed by atoms with Crippen LogP contribution in [0.4, 0.5) is 0 Å². The maximum Gasteiger partial charge on any atom is 0.349 e. The molecule has 4 aromatic rings. The van der Waals surface area contributed by atoms with Gasteiger partial charge in [0.2, 0.25) is 12.0 Å². The van der Waals surface area contributed by atoms with Gasteiger partial charge in [-0.1, -0.05) is 63.4 Å². The van der Waals surface area contributed by atoms with E-state index < -0.39 is 12.1 Å². The zero-order valence-corrected chi connectivity index (χ0v) is 18.9. The normalized spacial score (nSPS) is 11.8. The van der Waals surface area contributed by atoms with E-state index in [1.807, 2.05) is 24.3 Å². The van der Waals surface area contributed by atoms with Crippen molar-refractivity contribution in [1.82, 2.24) is 4.98 Å². The molecular weight excluding hydrogens is 505 g/mol. The molecule has 0 aliphatic carbocycles. The van der Waals surface area contributed by atoms with Crippen molar-refractivity contribution < 1.29 is 19.1 Å². The molecule has 0 bridgehead atoms. The lowest BCUT2D eigenvalue weighted by atomic mass is 10.1. The minimum atomic E-state index is -1.25. The molecular formula is C23H14BrCl2NO4. The predicted molar refractivity (Wildman–Crippen MR) is 123 cm³/mol. The third-order valence-electron chi connectivity index (χ3n) is 4.46. The van der Waals surface area contributed by atoms with Crippen molar-refractivity contribution in [1.29, 1.82) is 0 Å². The number of carboxylic acids is 1. The Kier molecular flexibility index (Phi) is 6.32. The second kappa shape index (κ2) is 9.14. The predicted octanol–water partition coefficient (Wildman–Crippen LogP) is 7.28. The van der Waals surface area contributed by atoms with Gasteiger partial charge in [-0.15, -0.1) is 0 Å². The largest absolute Gasteiger partial charge is 0.478 e. The van der Waals surface area contributed by atoms with E-state index in [1.54, 1.807) is 42.5 Å². The maximum absolute atomic E-state index is 11.9. The molecule has 0 radical (unpaired) electrons. The Hall–Kier alpha value is -2.80. The minimum absolute atomic E-state index is 0.260. The number of oxazole rings is 1. The van der Waals surface area contributed by atoms with Gasteiger partial charge in [0.05, 0.1) is 5.56 Å². The molecule has 0 fully saturated rings. The molecule has 31 heavy (non-hydrogen) atoms. The van der Waals surface area contributed by atoms with E-state index in [2.05, 4.69) is 20.9 Å². The second-order valence-corrected chi connectivity index (χ2v) is 8.36. The first-order valence-corrected chi connectivity index (χ1v) is 10.6. The van der Waals surface area contributed by atoms with Crippen LogP contribution in [0.3, 0.4) is 0 Å². The van der Waals surface area contributed by atoms with Crippen LogP contribution in [0.25, 0.3) is 22.7 Å². The van der Waals surface area contributed by atoms with E-state index in [0.29, 0.717) is 26.9 Å². The van der Waals surface area contributed by atoms with Crippen molar-refractivity contribution in [3.63, 3.8) is 0 Å². The number of halogens is 3. The van der Waals surface area contributed by atoms with Gasteiger partial charge in [-0.25, -0.2) is 9.78 Å². The molecule has 0 spiro atoms. The summed E-state index contributed by atoms with van der Waals surface area (Å²) in [4.78, 5) is 16.4. The van der Waals surface area contributed by atoms with Crippen molar-refractivity contribution in [3.8, 4) is 28.5 Å². The first kappa shape index (κ1) is 21.4. The lowest BCUT2D eigenvalue weighted by molar-refractivity contribution is -0.145. The first-order chi connectivity index (χ1) is 14.9. The Morgan fingerprint density at radius 2 is 1.68 bits per heavy atom. The highest BCUT2D eigenvalue weighted by atomic mass is 79.9. The van der Waals surface area contributed by atoms with E-state index in [1.165, 1.54) is 6.26 Å². The zero-order valence-electron chi connectivity index (χ0n) is 15.8. The van der Waals surface area contributed by atoms with Gasteiger partial charge in [-0.05, 0) is 42.5 Å². The summed E-state index contributed by atoms with van der Waals surface area (Å²) in [5.74, 6) is -0.613. The van der Waals surface area contributed by atoms with Gasteiger partial charge >= 0.3 is 5.97 Å². The van der Waals surface area contributed by atoms with E-state index in [9.17, 15) is 9.90 Å². The molecule has 0 aliphatic heterocycles. The van der Waals surface area contributed by atoms with Crippen molar-refractivity contribution in [3.05, 3.63) is 93.1 Å². The summed E-state index contributed by atoms with van der Waals surface area (Å²) in [5, 5.41) is 10.7. The molecule has 3 aromatic carbocycles. The van der Waals surface area contributed by atoms with Crippen molar-refractivity contribution in [2.24, 2.45) is 0 Å². The average molecular weight is 519 g/mol. The molecule has 1 heterocycles. The number of nitrogens with zero attached hydrogens (tertiary/aromatic N) is 1.